The smallest absolute Gasteiger partial charge is 0.321 e. The zero-order valence-electron chi connectivity index (χ0n) is 10.9. The molecular formula is C14H16BrN3O. The molecule has 0 saturated heterocycles. The Labute approximate surface area is 121 Å². The number of nitrogens with one attached hydrogen (secondary N) is 1. The van der Waals surface area contributed by atoms with Gasteiger partial charge in [-0.25, -0.2) is 9.97 Å². The third-order valence-corrected chi connectivity index (χ3v) is 3.09. The molecule has 2 aromatic rings. The number of hydrogen-bond acceptors (Lipinski definition) is 4. The minimum Gasteiger partial charge on any atom is -0.423 e. The molecule has 0 aliphatic rings. The molecule has 0 radical (unpaired) electrons. The van der Waals surface area contributed by atoms with Crippen molar-refractivity contribution in [3.8, 4) is 11.8 Å². The highest BCUT2D eigenvalue weighted by Crippen LogP contribution is 2.27. The lowest BCUT2D eigenvalue weighted by atomic mass is 10.3. The summed E-state index contributed by atoms with van der Waals surface area (Å²) < 4.78 is 6.48. The van der Waals surface area contributed by atoms with Crippen LogP contribution in [0.2, 0.25) is 0 Å². The molecule has 4 nitrogen and oxygen atoms in total. The van der Waals surface area contributed by atoms with E-state index in [2.05, 4.69) is 45.1 Å². The van der Waals surface area contributed by atoms with Gasteiger partial charge in [-0.1, -0.05) is 26.0 Å². The number of ether oxygens (including phenoxy) is 1. The van der Waals surface area contributed by atoms with E-state index in [4.69, 9.17) is 4.74 Å². The standard InChI is InChI=1S/C14H16BrN3O/c1-10(2)16-7-11-8-17-14(18-9-11)19-13-6-4-3-5-12(13)15/h3-6,8-10,16H,7H2,1-2H3. The van der Waals surface area contributed by atoms with Gasteiger partial charge in [0.2, 0.25) is 0 Å². The Kier molecular flexibility index (Phi) is 4.87. The lowest BCUT2D eigenvalue weighted by molar-refractivity contribution is 0.438. The van der Waals surface area contributed by atoms with Crippen LogP contribution in [0, 0.1) is 0 Å². The van der Waals surface area contributed by atoms with Crippen LogP contribution in [0.4, 0.5) is 0 Å². The van der Waals surface area contributed by atoms with Gasteiger partial charge in [-0.05, 0) is 28.1 Å². The fraction of sp³-hybridized carbons (Fsp3) is 0.286. The van der Waals surface area contributed by atoms with Crippen LogP contribution in [-0.4, -0.2) is 16.0 Å². The van der Waals surface area contributed by atoms with Crippen molar-refractivity contribution < 1.29 is 4.74 Å². The predicted molar refractivity (Wildman–Crippen MR) is 78.2 cm³/mol. The minimum absolute atomic E-state index is 0.347. The van der Waals surface area contributed by atoms with Gasteiger partial charge in [0.25, 0.3) is 0 Å². The lowest BCUT2D eigenvalue weighted by Gasteiger charge is -2.08. The van der Waals surface area contributed by atoms with E-state index in [0.29, 0.717) is 17.8 Å². The quantitative estimate of drug-likeness (QED) is 0.915. The van der Waals surface area contributed by atoms with Gasteiger partial charge in [0.05, 0.1) is 4.47 Å². The van der Waals surface area contributed by atoms with Gasteiger partial charge < -0.3 is 10.1 Å². The Hall–Kier alpha value is -1.46. The summed E-state index contributed by atoms with van der Waals surface area (Å²) in [7, 11) is 0. The second-order valence-electron chi connectivity index (χ2n) is 4.44. The van der Waals surface area contributed by atoms with E-state index in [0.717, 1.165) is 16.6 Å². The van der Waals surface area contributed by atoms with Crippen LogP contribution in [0.15, 0.2) is 41.1 Å². The van der Waals surface area contributed by atoms with Crippen LogP contribution in [-0.2, 0) is 6.54 Å². The van der Waals surface area contributed by atoms with Crippen molar-refractivity contribution >= 4 is 15.9 Å². The number of halogens is 1. The summed E-state index contributed by atoms with van der Waals surface area (Å²) in [6.45, 7) is 4.96. The molecule has 0 aliphatic heterocycles. The monoisotopic (exact) mass is 321 g/mol. The van der Waals surface area contributed by atoms with E-state index in [1.807, 2.05) is 24.3 Å². The summed E-state index contributed by atoms with van der Waals surface area (Å²) in [5, 5.41) is 3.31. The zero-order chi connectivity index (χ0) is 13.7. The van der Waals surface area contributed by atoms with Crippen LogP contribution in [0.25, 0.3) is 0 Å². The van der Waals surface area contributed by atoms with E-state index in [9.17, 15) is 0 Å². The lowest BCUT2D eigenvalue weighted by Crippen LogP contribution is -2.21. The number of aromatic nitrogens is 2. The summed E-state index contributed by atoms with van der Waals surface area (Å²) >= 11 is 3.42. The molecule has 100 valence electrons. The Morgan fingerprint density at radius 2 is 1.89 bits per heavy atom. The Morgan fingerprint density at radius 1 is 1.21 bits per heavy atom. The first-order chi connectivity index (χ1) is 9.15. The number of benzene rings is 1. The topological polar surface area (TPSA) is 47.0 Å². The first-order valence-electron chi connectivity index (χ1n) is 6.12. The van der Waals surface area contributed by atoms with Gasteiger partial charge in [-0.3, -0.25) is 0 Å². The molecule has 0 bridgehead atoms. The molecule has 19 heavy (non-hydrogen) atoms. The van der Waals surface area contributed by atoms with Gasteiger partial charge >= 0.3 is 6.01 Å². The van der Waals surface area contributed by atoms with Crippen molar-refractivity contribution in [3.63, 3.8) is 0 Å². The van der Waals surface area contributed by atoms with Crippen molar-refractivity contribution in [3.05, 3.63) is 46.7 Å². The Bertz CT molecular complexity index is 528. The summed E-state index contributed by atoms with van der Waals surface area (Å²) in [6, 6.07) is 8.40. The van der Waals surface area contributed by atoms with Crippen LogP contribution in [0.1, 0.15) is 19.4 Å². The van der Waals surface area contributed by atoms with Gasteiger partial charge in [0, 0.05) is 30.5 Å². The average Bonchev–Trinajstić information content (AvgIpc) is 2.40. The van der Waals surface area contributed by atoms with Crippen molar-refractivity contribution in [1.82, 2.24) is 15.3 Å². The van der Waals surface area contributed by atoms with Crippen LogP contribution in [0.3, 0.4) is 0 Å². The van der Waals surface area contributed by atoms with E-state index < -0.39 is 0 Å². The first-order valence-corrected chi connectivity index (χ1v) is 6.91. The normalized spacial score (nSPS) is 10.7. The fourth-order valence-corrected chi connectivity index (χ4v) is 1.80. The zero-order valence-corrected chi connectivity index (χ0v) is 12.5. The molecule has 0 spiro atoms. The summed E-state index contributed by atoms with van der Waals surface area (Å²) in [5.74, 6) is 0.704. The predicted octanol–water partition coefficient (Wildman–Crippen LogP) is 3.53. The highest BCUT2D eigenvalue weighted by molar-refractivity contribution is 9.10. The van der Waals surface area contributed by atoms with Crippen LogP contribution < -0.4 is 10.1 Å². The van der Waals surface area contributed by atoms with E-state index in [1.54, 1.807) is 12.4 Å². The van der Waals surface area contributed by atoms with Gasteiger partial charge in [-0.2, -0.15) is 0 Å². The van der Waals surface area contributed by atoms with Crippen molar-refractivity contribution in [2.75, 3.05) is 0 Å². The highest BCUT2D eigenvalue weighted by Gasteiger charge is 2.04. The molecule has 0 amide bonds. The summed E-state index contributed by atoms with van der Waals surface area (Å²) in [4.78, 5) is 8.40. The Balaban J connectivity index is 2.01. The average molecular weight is 322 g/mol. The third-order valence-electron chi connectivity index (χ3n) is 2.43. The molecule has 1 heterocycles. The summed E-state index contributed by atoms with van der Waals surface area (Å²) in [5.41, 5.74) is 1.04. The van der Waals surface area contributed by atoms with Gasteiger partial charge in [-0.15, -0.1) is 0 Å². The van der Waals surface area contributed by atoms with E-state index in [1.165, 1.54) is 0 Å². The maximum absolute atomic E-state index is 5.60. The van der Waals surface area contributed by atoms with Crippen molar-refractivity contribution in [2.45, 2.75) is 26.4 Å². The maximum atomic E-state index is 5.60. The SMILES string of the molecule is CC(C)NCc1cnc(Oc2ccccc2Br)nc1. The Morgan fingerprint density at radius 3 is 2.53 bits per heavy atom. The number of para-hydroxylation sites is 1. The molecule has 0 atom stereocenters. The molecule has 2 rings (SSSR count). The number of hydrogen-bond donors (Lipinski definition) is 1. The van der Waals surface area contributed by atoms with Crippen LogP contribution in [0.5, 0.6) is 11.8 Å². The van der Waals surface area contributed by atoms with Crippen LogP contribution >= 0.6 is 15.9 Å². The minimum atomic E-state index is 0.347. The second-order valence-corrected chi connectivity index (χ2v) is 5.30. The van der Waals surface area contributed by atoms with E-state index in [-0.39, 0.29) is 0 Å². The maximum Gasteiger partial charge on any atom is 0.321 e. The number of rotatable bonds is 5. The molecule has 1 aromatic carbocycles. The largest absolute Gasteiger partial charge is 0.423 e. The highest BCUT2D eigenvalue weighted by atomic mass is 79.9. The van der Waals surface area contributed by atoms with Gasteiger partial charge in [0.15, 0.2) is 0 Å². The molecule has 0 unspecified atom stereocenters. The molecule has 1 aromatic heterocycles. The molecule has 5 heteroatoms. The molecule has 0 fully saturated rings. The third kappa shape index (κ3) is 4.29. The molecule has 1 N–H and O–H groups in total. The summed E-state index contributed by atoms with van der Waals surface area (Å²) in [6.07, 6.45) is 3.54. The molecule has 0 aliphatic carbocycles. The van der Waals surface area contributed by atoms with Crippen molar-refractivity contribution in [1.29, 1.82) is 0 Å². The molecular weight excluding hydrogens is 306 g/mol. The second kappa shape index (κ2) is 6.63. The fourth-order valence-electron chi connectivity index (χ4n) is 1.43. The van der Waals surface area contributed by atoms with Gasteiger partial charge in [0.1, 0.15) is 5.75 Å². The number of nitrogens with zero attached hydrogens (tertiary/aromatic N) is 2. The molecule has 0 saturated carbocycles. The van der Waals surface area contributed by atoms with E-state index >= 15 is 0 Å². The first kappa shape index (κ1) is 14.0. The van der Waals surface area contributed by atoms with Crippen molar-refractivity contribution in [2.24, 2.45) is 0 Å².